The van der Waals surface area contributed by atoms with E-state index in [1.165, 1.54) is 5.56 Å². The van der Waals surface area contributed by atoms with Crippen LogP contribution in [-0.4, -0.2) is 57.8 Å². The van der Waals surface area contributed by atoms with Crippen molar-refractivity contribution in [1.82, 2.24) is 19.8 Å². The number of amides is 2. The van der Waals surface area contributed by atoms with Crippen LogP contribution in [0.5, 0.6) is 0 Å². The van der Waals surface area contributed by atoms with E-state index in [-0.39, 0.29) is 17.9 Å². The number of aromatic nitrogens is 2. The Kier molecular flexibility index (Phi) is 6.15. The van der Waals surface area contributed by atoms with Gasteiger partial charge < -0.3 is 4.90 Å². The molecule has 4 heterocycles. The maximum Gasteiger partial charge on any atom is 0.236 e. The van der Waals surface area contributed by atoms with Gasteiger partial charge in [-0.05, 0) is 58.1 Å². The van der Waals surface area contributed by atoms with Crippen LogP contribution in [-0.2, 0) is 22.6 Å². The van der Waals surface area contributed by atoms with Gasteiger partial charge in [0.25, 0.3) is 0 Å². The van der Waals surface area contributed by atoms with E-state index in [1.54, 1.807) is 0 Å². The minimum Gasteiger partial charge on any atom is -0.342 e. The average molecular weight is 448 g/mol. The van der Waals surface area contributed by atoms with Crippen LogP contribution in [0.3, 0.4) is 0 Å². The SMILES string of the molecule is Cc1ccc(CN2C(=O)CCc3c(C)nc(C4CCCN4CC(=O)N4CCCC4)nc32)cc1. The largest absolute Gasteiger partial charge is 0.342 e. The smallest absolute Gasteiger partial charge is 0.236 e. The van der Waals surface area contributed by atoms with Gasteiger partial charge >= 0.3 is 0 Å². The summed E-state index contributed by atoms with van der Waals surface area (Å²) >= 11 is 0. The molecule has 2 fully saturated rings. The summed E-state index contributed by atoms with van der Waals surface area (Å²) in [5.74, 6) is 1.83. The van der Waals surface area contributed by atoms with Gasteiger partial charge in [-0.2, -0.15) is 0 Å². The van der Waals surface area contributed by atoms with Crippen LogP contribution in [0.15, 0.2) is 24.3 Å². The molecule has 3 aliphatic rings. The molecule has 0 bridgehead atoms. The second-order valence-corrected chi connectivity index (χ2v) is 9.65. The molecule has 1 unspecified atom stereocenters. The highest BCUT2D eigenvalue weighted by Crippen LogP contribution is 2.35. The fourth-order valence-electron chi connectivity index (χ4n) is 5.34. The maximum atomic E-state index is 12.9. The van der Waals surface area contributed by atoms with Crippen molar-refractivity contribution in [1.29, 1.82) is 0 Å². The van der Waals surface area contributed by atoms with Gasteiger partial charge in [0, 0.05) is 30.8 Å². The summed E-state index contributed by atoms with van der Waals surface area (Å²) < 4.78 is 0. The molecule has 174 valence electrons. The van der Waals surface area contributed by atoms with Crippen molar-refractivity contribution in [2.24, 2.45) is 0 Å². The van der Waals surface area contributed by atoms with Crippen LogP contribution in [0.1, 0.15) is 66.4 Å². The van der Waals surface area contributed by atoms with E-state index in [0.29, 0.717) is 25.9 Å². The van der Waals surface area contributed by atoms with Gasteiger partial charge in [0.1, 0.15) is 11.6 Å². The number of nitrogens with zero attached hydrogens (tertiary/aromatic N) is 5. The van der Waals surface area contributed by atoms with E-state index in [2.05, 4.69) is 36.1 Å². The number of carbonyl (C=O) groups excluding carboxylic acids is 2. The molecule has 1 aromatic carbocycles. The first-order valence-corrected chi connectivity index (χ1v) is 12.2. The Labute approximate surface area is 195 Å². The third-order valence-electron chi connectivity index (χ3n) is 7.28. The molecule has 7 nitrogen and oxygen atoms in total. The number of rotatable bonds is 5. The summed E-state index contributed by atoms with van der Waals surface area (Å²) in [5, 5.41) is 0. The number of benzene rings is 1. The minimum absolute atomic E-state index is 0.0267. The summed E-state index contributed by atoms with van der Waals surface area (Å²) in [5.41, 5.74) is 4.32. The lowest BCUT2D eigenvalue weighted by atomic mass is 10.0. The van der Waals surface area contributed by atoms with Crippen molar-refractivity contribution >= 4 is 17.6 Å². The Bertz CT molecular complexity index is 1050. The minimum atomic E-state index is 0.0267. The molecular weight excluding hydrogens is 414 g/mol. The summed E-state index contributed by atoms with van der Waals surface area (Å²) in [4.78, 5) is 41.6. The van der Waals surface area contributed by atoms with E-state index in [9.17, 15) is 9.59 Å². The number of hydrogen-bond donors (Lipinski definition) is 0. The van der Waals surface area contributed by atoms with Crippen LogP contribution in [0.4, 0.5) is 5.82 Å². The lowest BCUT2D eigenvalue weighted by Crippen LogP contribution is -2.39. The third kappa shape index (κ3) is 4.51. The number of hydrogen-bond acceptors (Lipinski definition) is 5. The molecule has 3 aliphatic heterocycles. The third-order valence-corrected chi connectivity index (χ3v) is 7.28. The van der Waals surface area contributed by atoms with Crippen LogP contribution < -0.4 is 4.90 Å². The second-order valence-electron chi connectivity index (χ2n) is 9.65. The molecule has 2 saturated heterocycles. The van der Waals surface area contributed by atoms with Crippen molar-refractivity contribution in [3.63, 3.8) is 0 Å². The van der Waals surface area contributed by atoms with Crippen molar-refractivity contribution in [2.45, 2.75) is 65.0 Å². The number of likely N-dealkylation sites (tertiary alicyclic amines) is 2. The Morgan fingerprint density at radius 1 is 1.00 bits per heavy atom. The first-order valence-electron chi connectivity index (χ1n) is 12.2. The topological polar surface area (TPSA) is 69.6 Å². The predicted molar refractivity (Wildman–Crippen MR) is 127 cm³/mol. The fraction of sp³-hybridized carbons (Fsp3) is 0.538. The van der Waals surface area contributed by atoms with E-state index in [1.807, 2.05) is 16.7 Å². The number of anilines is 1. The molecule has 7 heteroatoms. The standard InChI is InChI=1S/C26H33N5O2/c1-18-7-9-20(10-8-18)16-31-23(32)12-11-21-19(2)27-25(28-26(21)31)22-6-5-15-30(22)17-24(33)29-13-3-4-14-29/h7-10,22H,3-6,11-17H2,1-2H3. The molecule has 1 aromatic heterocycles. The Balaban J connectivity index is 1.41. The first-order chi connectivity index (χ1) is 16.0. The van der Waals surface area contributed by atoms with Crippen molar-refractivity contribution < 1.29 is 9.59 Å². The van der Waals surface area contributed by atoms with Crippen LogP contribution >= 0.6 is 0 Å². The van der Waals surface area contributed by atoms with E-state index < -0.39 is 0 Å². The van der Waals surface area contributed by atoms with Crippen molar-refractivity contribution in [3.05, 3.63) is 52.5 Å². The molecule has 33 heavy (non-hydrogen) atoms. The number of fused-ring (bicyclic) bond motifs is 1. The molecule has 0 saturated carbocycles. The lowest BCUT2D eigenvalue weighted by molar-refractivity contribution is -0.131. The normalized spacial score (nSPS) is 21.0. The Hall–Kier alpha value is -2.80. The van der Waals surface area contributed by atoms with Crippen LogP contribution in [0, 0.1) is 13.8 Å². The lowest BCUT2D eigenvalue weighted by Gasteiger charge is -2.31. The van der Waals surface area contributed by atoms with Gasteiger partial charge in [0.05, 0.1) is 19.1 Å². The summed E-state index contributed by atoms with van der Waals surface area (Å²) in [7, 11) is 0. The first kappa shape index (κ1) is 22.0. The molecule has 0 spiro atoms. The quantitative estimate of drug-likeness (QED) is 0.703. The van der Waals surface area contributed by atoms with Crippen LogP contribution in [0.25, 0.3) is 0 Å². The fourth-order valence-corrected chi connectivity index (χ4v) is 5.34. The zero-order valence-corrected chi connectivity index (χ0v) is 19.7. The molecule has 2 amide bonds. The Morgan fingerprint density at radius 2 is 1.76 bits per heavy atom. The molecule has 1 atom stereocenters. The van der Waals surface area contributed by atoms with E-state index >= 15 is 0 Å². The molecule has 0 radical (unpaired) electrons. The summed E-state index contributed by atoms with van der Waals surface area (Å²) in [6, 6.07) is 8.34. The van der Waals surface area contributed by atoms with Gasteiger partial charge in [-0.1, -0.05) is 29.8 Å². The van der Waals surface area contributed by atoms with Gasteiger partial charge in [-0.3, -0.25) is 19.4 Å². The number of aryl methyl sites for hydroxylation is 2. The van der Waals surface area contributed by atoms with Gasteiger partial charge in [0.2, 0.25) is 11.8 Å². The summed E-state index contributed by atoms with van der Waals surface area (Å²) in [6.07, 6.45) is 5.36. The van der Waals surface area contributed by atoms with Crippen molar-refractivity contribution in [2.75, 3.05) is 31.1 Å². The molecular formula is C26H33N5O2. The molecule has 0 N–H and O–H groups in total. The number of carbonyl (C=O) groups is 2. The average Bonchev–Trinajstić information content (AvgIpc) is 3.49. The van der Waals surface area contributed by atoms with E-state index in [4.69, 9.17) is 9.97 Å². The Morgan fingerprint density at radius 3 is 2.52 bits per heavy atom. The zero-order valence-electron chi connectivity index (χ0n) is 19.7. The highest BCUT2D eigenvalue weighted by Gasteiger charge is 2.34. The molecule has 2 aromatic rings. The highest BCUT2D eigenvalue weighted by atomic mass is 16.2. The molecule has 0 aliphatic carbocycles. The maximum absolute atomic E-state index is 12.9. The summed E-state index contributed by atoms with van der Waals surface area (Å²) in [6.45, 7) is 7.67. The monoisotopic (exact) mass is 447 g/mol. The van der Waals surface area contributed by atoms with Gasteiger partial charge in [0.15, 0.2) is 0 Å². The van der Waals surface area contributed by atoms with Gasteiger partial charge in [-0.15, -0.1) is 0 Å². The van der Waals surface area contributed by atoms with Gasteiger partial charge in [-0.25, -0.2) is 9.97 Å². The molecule has 5 rings (SSSR count). The van der Waals surface area contributed by atoms with Crippen LogP contribution in [0.2, 0.25) is 0 Å². The second kappa shape index (κ2) is 9.21. The van der Waals surface area contributed by atoms with E-state index in [0.717, 1.165) is 73.8 Å². The zero-order chi connectivity index (χ0) is 22.9. The predicted octanol–water partition coefficient (Wildman–Crippen LogP) is 3.33. The highest BCUT2D eigenvalue weighted by molar-refractivity contribution is 5.95. The van der Waals surface area contributed by atoms with Crippen molar-refractivity contribution in [3.8, 4) is 0 Å².